The first kappa shape index (κ1) is 14.5. The number of nitrogens with two attached hydrogens (primary N) is 1. The topological polar surface area (TPSA) is 96.2 Å². The van der Waals surface area contributed by atoms with E-state index in [0.717, 1.165) is 24.0 Å². The Balaban J connectivity index is 2.01. The Bertz CT molecular complexity index is 716. The number of hydrogen-bond acceptors (Lipinski definition) is 4. The second-order valence-electron chi connectivity index (χ2n) is 5.48. The Kier molecular flexibility index (Phi) is 4.06. The number of carbonyl (C=O) groups is 1. The zero-order valence-corrected chi connectivity index (χ0v) is 12.3. The Hall–Kier alpha value is -2.41. The van der Waals surface area contributed by atoms with Gasteiger partial charge in [0.05, 0.1) is 12.2 Å². The molecule has 0 atom stereocenters. The van der Waals surface area contributed by atoms with Gasteiger partial charge in [0.15, 0.2) is 5.69 Å². The van der Waals surface area contributed by atoms with Crippen LogP contribution in [0, 0.1) is 0 Å². The van der Waals surface area contributed by atoms with Gasteiger partial charge in [0, 0.05) is 5.39 Å². The van der Waals surface area contributed by atoms with Crippen LogP contribution in [0.3, 0.4) is 0 Å². The molecule has 22 heavy (non-hydrogen) atoms. The maximum absolute atomic E-state index is 10.8. The molecule has 0 spiro atoms. The van der Waals surface area contributed by atoms with Crippen molar-refractivity contribution in [3.05, 3.63) is 24.3 Å². The molecule has 0 unspecified atom stereocenters. The number of benzene rings is 1. The van der Waals surface area contributed by atoms with E-state index in [0.29, 0.717) is 6.67 Å². The van der Waals surface area contributed by atoms with Crippen molar-refractivity contribution in [2.45, 2.75) is 25.9 Å². The van der Waals surface area contributed by atoms with E-state index in [9.17, 15) is 9.90 Å². The second-order valence-corrected chi connectivity index (χ2v) is 5.48. The smallest absolute Gasteiger partial charge is 0.356 e. The lowest BCUT2D eigenvalue weighted by atomic mass is 10.1. The van der Waals surface area contributed by atoms with Gasteiger partial charge >= 0.3 is 6.03 Å². The summed E-state index contributed by atoms with van der Waals surface area (Å²) in [4.78, 5) is 13.1. The van der Waals surface area contributed by atoms with Gasteiger partial charge in [-0.3, -0.25) is 9.47 Å². The average Bonchev–Trinajstić information content (AvgIpc) is 2.79. The van der Waals surface area contributed by atoms with E-state index >= 15 is 0 Å². The Labute approximate surface area is 128 Å². The molecule has 2 heterocycles. The number of azo groups is 1. The molecule has 1 aromatic carbocycles. The van der Waals surface area contributed by atoms with Gasteiger partial charge in [-0.15, -0.1) is 5.11 Å². The van der Waals surface area contributed by atoms with E-state index < -0.39 is 6.03 Å². The summed E-state index contributed by atoms with van der Waals surface area (Å²) >= 11 is 0. The van der Waals surface area contributed by atoms with Crippen LogP contribution in [-0.2, 0) is 6.67 Å². The number of hydrogen-bond donors (Lipinski definition) is 2. The molecule has 2 aromatic rings. The third-order valence-corrected chi connectivity index (χ3v) is 3.96. The van der Waals surface area contributed by atoms with Gasteiger partial charge in [-0.25, -0.2) is 4.79 Å². The first-order chi connectivity index (χ1) is 10.7. The number of likely N-dealkylation sites (tertiary alicyclic amines) is 1. The van der Waals surface area contributed by atoms with Crippen LogP contribution >= 0.6 is 0 Å². The number of carbonyl (C=O) groups excluding carboxylic acids is 1. The molecule has 2 amide bonds. The standard InChI is InChI=1S/C15H19N5O2/c16-15(22)18-17-13-11-6-2-3-7-12(11)20(14(13)21)10-19-8-4-1-5-9-19/h2-3,6-7,21H,1,4-5,8-10H2,(H2,16,22). The minimum Gasteiger partial charge on any atom is -0.493 e. The van der Waals surface area contributed by atoms with Crippen molar-refractivity contribution in [2.24, 2.45) is 16.0 Å². The molecule has 7 nitrogen and oxygen atoms in total. The van der Waals surface area contributed by atoms with E-state index in [1.807, 2.05) is 24.3 Å². The highest BCUT2D eigenvalue weighted by molar-refractivity contribution is 5.95. The molecule has 1 fully saturated rings. The fourth-order valence-electron chi connectivity index (χ4n) is 2.91. The summed E-state index contributed by atoms with van der Waals surface area (Å²) in [6, 6.07) is 6.64. The Morgan fingerprint density at radius 3 is 2.68 bits per heavy atom. The van der Waals surface area contributed by atoms with Crippen LogP contribution in [-0.4, -0.2) is 33.7 Å². The predicted octanol–water partition coefficient (Wildman–Crippen LogP) is 2.95. The number of fused-ring (bicyclic) bond motifs is 1. The highest BCUT2D eigenvalue weighted by Gasteiger charge is 2.19. The highest BCUT2D eigenvalue weighted by atomic mass is 16.3. The lowest BCUT2D eigenvalue weighted by Crippen LogP contribution is -2.31. The lowest BCUT2D eigenvalue weighted by Gasteiger charge is -2.27. The molecular weight excluding hydrogens is 282 g/mol. The molecule has 116 valence electrons. The van der Waals surface area contributed by atoms with E-state index in [2.05, 4.69) is 15.1 Å². The van der Waals surface area contributed by atoms with Crippen molar-refractivity contribution in [1.29, 1.82) is 0 Å². The number of para-hydroxylation sites is 1. The zero-order chi connectivity index (χ0) is 15.5. The predicted molar refractivity (Wildman–Crippen MR) is 83.1 cm³/mol. The normalized spacial score (nSPS) is 16.5. The van der Waals surface area contributed by atoms with Crippen molar-refractivity contribution >= 4 is 22.6 Å². The highest BCUT2D eigenvalue weighted by Crippen LogP contribution is 2.39. The van der Waals surface area contributed by atoms with Gasteiger partial charge < -0.3 is 10.8 Å². The maximum Gasteiger partial charge on any atom is 0.356 e. The minimum atomic E-state index is -0.882. The molecule has 0 radical (unpaired) electrons. The van der Waals surface area contributed by atoms with Gasteiger partial charge in [-0.1, -0.05) is 29.7 Å². The molecule has 7 heteroatoms. The summed E-state index contributed by atoms with van der Waals surface area (Å²) in [7, 11) is 0. The third-order valence-electron chi connectivity index (χ3n) is 3.96. The van der Waals surface area contributed by atoms with Gasteiger partial charge in [-0.2, -0.15) is 0 Å². The molecule has 3 N–H and O–H groups in total. The van der Waals surface area contributed by atoms with E-state index in [-0.39, 0.29) is 11.6 Å². The number of aromatic hydroxyl groups is 1. The van der Waals surface area contributed by atoms with Gasteiger partial charge in [0.2, 0.25) is 5.88 Å². The van der Waals surface area contributed by atoms with Gasteiger partial charge in [0.25, 0.3) is 0 Å². The quantitative estimate of drug-likeness (QED) is 0.853. The summed E-state index contributed by atoms with van der Waals surface area (Å²) in [5.41, 5.74) is 6.14. The summed E-state index contributed by atoms with van der Waals surface area (Å²) in [5, 5.41) is 18.4. The molecular formula is C15H19N5O2. The van der Waals surface area contributed by atoms with Crippen LogP contribution < -0.4 is 5.73 Å². The summed E-state index contributed by atoms with van der Waals surface area (Å²) in [5.74, 6) is 0.0109. The first-order valence-electron chi connectivity index (χ1n) is 7.40. The van der Waals surface area contributed by atoms with Crippen molar-refractivity contribution in [3.63, 3.8) is 0 Å². The first-order valence-corrected chi connectivity index (χ1v) is 7.40. The molecule has 0 saturated carbocycles. The molecule has 0 bridgehead atoms. The minimum absolute atomic E-state index is 0.0109. The fraction of sp³-hybridized carbons (Fsp3) is 0.400. The zero-order valence-electron chi connectivity index (χ0n) is 12.3. The number of amides is 2. The number of aromatic nitrogens is 1. The number of urea groups is 1. The van der Waals surface area contributed by atoms with Crippen molar-refractivity contribution in [3.8, 4) is 5.88 Å². The fourth-order valence-corrected chi connectivity index (χ4v) is 2.91. The molecule has 0 aliphatic carbocycles. The van der Waals surface area contributed by atoms with Crippen molar-refractivity contribution in [2.75, 3.05) is 13.1 Å². The van der Waals surface area contributed by atoms with E-state index in [4.69, 9.17) is 5.73 Å². The van der Waals surface area contributed by atoms with Gasteiger partial charge in [0.1, 0.15) is 0 Å². The summed E-state index contributed by atoms with van der Waals surface area (Å²) in [6.07, 6.45) is 3.61. The maximum atomic E-state index is 10.8. The number of primary amides is 1. The van der Waals surface area contributed by atoms with Crippen molar-refractivity contribution < 1.29 is 9.90 Å². The third kappa shape index (κ3) is 2.80. The van der Waals surface area contributed by atoms with Crippen molar-refractivity contribution in [1.82, 2.24) is 9.47 Å². The largest absolute Gasteiger partial charge is 0.493 e. The Morgan fingerprint density at radius 1 is 1.23 bits per heavy atom. The molecule has 1 saturated heterocycles. The lowest BCUT2D eigenvalue weighted by molar-refractivity contribution is 0.178. The van der Waals surface area contributed by atoms with Crippen LogP contribution in [0.1, 0.15) is 19.3 Å². The molecule has 1 aliphatic heterocycles. The molecule has 1 aromatic heterocycles. The van der Waals surface area contributed by atoms with Crippen LogP contribution in [0.5, 0.6) is 5.88 Å². The SMILES string of the molecule is NC(=O)N=Nc1c(O)n(CN2CCCCC2)c2ccccc12. The number of piperidine rings is 1. The van der Waals surface area contributed by atoms with Crippen LogP contribution in [0.15, 0.2) is 34.5 Å². The molecule has 3 rings (SSSR count). The number of nitrogens with zero attached hydrogens (tertiary/aromatic N) is 4. The van der Waals surface area contributed by atoms with E-state index in [1.54, 1.807) is 4.57 Å². The average molecular weight is 301 g/mol. The summed E-state index contributed by atoms with van der Waals surface area (Å²) in [6.45, 7) is 2.63. The second kappa shape index (κ2) is 6.15. The monoisotopic (exact) mass is 301 g/mol. The van der Waals surface area contributed by atoms with Crippen LogP contribution in [0.25, 0.3) is 10.9 Å². The van der Waals surface area contributed by atoms with Gasteiger partial charge in [-0.05, 0) is 32.0 Å². The van der Waals surface area contributed by atoms with Crippen LogP contribution in [0.4, 0.5) is 10.5 Å². The Morgan fingerprint density at radius 2 is 1.95 bits per heavy atom. The summed E-state index contributed by atoms with van der Waals surface area (Å²) < 4.78 is 1.80. The number of rotatable bonds is 3. The van der Waals surface area contributed by atoms with E-state index in [1.165, 1.54) is 19.3 Å². The molecule has 1 aliphatic rings. The van der Waals surface area contributed by atoms with Crippen LogP contribution in [0.2, 0.25) is 0 Å².